The highest BCUT2D eigenvalue weighted by molar-refractivity contribution is 7.90. The second-order valence-electron chi connectivity index (χ2n) is 5.21. The summed E-state index contributed by atoms with van der Waals surface area (Å²) in [6.45, 7) is 5.33. The maximum absolute atomic E-state index is 14.0. The second kappa shape index (κ2) is 6.90. The van der Waals surface area contributed by atoms with E-state index in [1.807, 2.05) is 20.8 Å². The van der Waals surface area contributed by atoms with Gasteiger partial charge in [-0.2, -0.15) is 0 Å². The summed E-state index contributed by atoms with van der Waals surface area (Å²) in [6.07, 6.45) is 0.263. The van der Waals surface area contributed by atoms with Crippen LogP contribution in [0.15, 0.2) is 18.2 Å². The van der Waals surface area contributed by atoms with Gasteiger partial charge in [0.15, 0.2) is 0 Å². The molecule has 1 aromatic rings. The van der Waals surface area contributed by atoms with Crippen LogP contribution in [-0.4, -0.2) is 21.0 Å². The summed E-state index contributed by atoms with van der Waals surface area (Å²) in [7, 11) is 0. The normalized spacial score (nSPS) is 15.3. The molecule has 0 aromatic heterocycles. The molecule has 0 aliphatic rings. The van der Waals surface area contributed by atoms with Crippen LogP contribution in [0.1, 0.15) is 38.8 Å². The molecule has 0 spiro atoms. The minimum Gasteiger partial charge on any atom is -0.598 e. The molecule has 0 heterocycles. The predicted molar refractivity (Wildman–Crippen MR) is 76.9 cm³/mol. The van der Waals surface area contributed by atoms with Crippen molar-refractivity contribution in [3.05, 3.63) is 34.6 Å². The van der Waals surface area contributed by atoms with E-state index in [1.165, 1.54) is 6.07 Å². The average molecular weight is 308 g/mol. The molecule has 0 amide bonds. The summed E-state index contributed by atoms with van der Waals surface area (Å²) in [5, 5.41) is 9.10. The zero-order valence-corrected chi connectivity index (χ0v) is 12.8. The van der Waals surface area contributed by atoms with Crippen molar-refractivity contribution in [2.75, 3.05) is 6.61 Å². The topological polar surface area (TPSA) is 55.3 Å². The molecule has 0 fully saturated rings. The summed E-state index contributed by atoms with van der Waals surface area (Å²) >= 11 is 4.39. The molecule has 2 atom stereocenters. The van der Waals surface area contributed by atoms with Gasteiger partial charge in [0.1, 0.15) is 10.6 Å². The van der Waals surface area contributed by atoms with Crippen LogP contribution in [-0.2, 0) is 11.4 Å². The van der Waals surface area contributed by atoms with E-state index in [4.69, 9.17) is 16.7 Å². The Balaban J connectivity index is 2.97. The summed E-state index contributed by atoms with van der Waals surface area (Å²) in [6, 6.07) is 4.13. The number of aliphatic hydroxyl groups excluding tert-OH is 1. The molecule has 1 unspecified atom stereocenters. The Morgan fingerprint density at radius 2 is 2.11 bits per heavy atom. The fourth-order valence-corrected chi connectivity index (χ4v) is 2.54. The summed E-state index contributed by atoms with van der Waals surface area (Å²) < 4.78 is 28.4. The van der Waals surface area contributed by atoms with Gasteiger partial charge >= 0.3 is 0 Å². The van der Waals surface area contributed by atoms with Crippen molar-refractivity contribution in [3.63, 3.8) is 0 Å². The molecule has 0 aliphatic carbocycles. The van der Waals surface area contributed by atoms with Gasteiger partial charge in [0.25, 0.3) is 0 Å². The zero-order valence-electron chi connectivity index (χ0n) is 11.2. The number of aliphatic hydroxyl groups is 1. The Morgan fingerprint density at radius 3 is 2.63 bits per heavy atom. The van der Waals surface area contributed by atoms with Gasteiger partial charge in [0.2, 0.25) is 0 Å². The lowest BCUT2D eigenvalue weighted by Gasteiger charge is -2.28. The zero-order chi connectivity index (χ0) is 14.6. The fourth-order valence-electron chi connectivity index (χ4n) is 1.50. The first-order chi connectivity index (χ1) is 8.77. The van der Waals surface area contributed by atoms with Crippen molar-refractivity contribution in [1.82, 2.24) is 4.72 Å². The molecule has 0 radical (unpaired) electrons. The molecule has 2 N–H and O–H groups in total. The number of rotatable bonds is 5. The highest BCUT2D eigenvalue weighted by Gasteiger charge is 2.30. The maximum atomic E-state index is 14.0. The first-order valence-corrected chi connectivity index (χ1v) is 7.53. The van der Waals surface area contributed by atoms with Gasteiger partial charge in [0, 0.05) is 23.5 Å². The third-order valence-electron chi connectivity index (χ3n) is 2.58. The number of hydrogen-bond donors (Lipinski definition) is 2. The van der Waals surface area contributed by atoms with Crippen LogP contribution in [0.2, 0.25) is 5.02 Å². The van der Waals surface area contributed by atoms with Gasteiger partial charge in [-0.1, -0.05) is 23.7 Å². The van der Waals surface area contributed by atoms with Gasteiger partial charge in [-0.05, 0) is 33.3 Å². The lowest BCUT2D eigenvalue weighted by atomic mass is 10.0. The third-order valence-corrected chi connectivity index (χ3v) is 4.48. The number of hydrogen-bond acceptors (Lipinski definition) is 3. The molecule has 3 nitrogen and oxygen atoms in total. The Morgan fingerprint density at radius 1 is 1.47 bits per heavy atom. The molecule has 19 heavy (non-hydrogen) atoms. The minimum absolute atomic E-state index is 0.0174. The molecule has 1 rings (SSSR count). The first-order valence-electron chi connectivity index (χ1n) is 6.00. The number of halogens is 2. The van der Waals surface area contributed by atoms with Crippen LogP contribution in [0, 0.1) is 5.82 Å². The van der Waals surface area contributed by atoms with Gasteiger partial charge < -0.3 is 9.66 Å². The maximum Gasteiger partial charge on any atom is 0.146 e. The first kappa shape index (κ1) is 16.7. The Bertz CT molecular complexity index is 426. The molecule has 0 aliphatic heterocycles. The van der Waals surface area contributed by atoms with E-state index >= 15 is 0 Å². The quantitative estimate of drug-likeness (QED) is 0.822. The molecule has 0 saturated carbocycles. The van der Waals surface area contributed by atoms with Gasteiger partial charge in [-0.25, -0.2) is 4.39 Å². The van der Waals surface area contributed by atoms with Crippen molar-refractivity contribution in [3.8, 4) is 0 Å². The number of nitrogens with one attached hydrogen (secondary N) is 1. The number of benzene rings is 1. The molecule has 0 bridgehead atoms. The standard InChI is InChI=1S/C13H19ClFNO2S/c1-13(2,3)19(18)16-11(7-8-17)9-5-4-6-10(14)12(9)15/h4-6,11,16-17H,7-8H2,1-3H3/t11-,19?/m0/s1. The van der Waals surface area contributed by atoms with Gasteiger partial charge in [-0.3, -0.25) is 0 Å². The van der Waals surface area contributed by atoms with E-state index in [-0.39, 0.29) is 18.1 Å². The van der Waals surface area contributed by atoms with E-state index < -0.39 is 28.0 Å². The predicted octanol–water partition coefficient (Wildman–Crippen LogP) is 2.95. The van der Waals surface area contributed by atoms with Crippen LogP contribution in [0.3, 0.4) is 0 Å². The van der Waals surface area contributed by atoms with Crippen molar-refractivity contribution in [2.24, 2.45) is 0 Å². The second-order valence-corrected chi connectivity index (χ2v) is 7.61. The molecule has 6 heteroatoms. The van der Waals surface area contributed by atoms with Crippen LogP contribution in [0.5, 0.6) is 0 Å². The summed E-state index contributed by atoms with van der Waals surface area (Å²) in [5.41, 5.74) is 0.319. The summed E-state index contributed by atoms with van der Waals surface area (Å²) in [4.78, 5) is 0. The van der Waals surface area contributed by atoms with Gasteiger partial charge in [0.05, 0.1) is 11.1 Å². The van der Waals surface area contributed by atoms with E-state index in [0.29, 0.717) is 5.56 Å². The van der Waals surface area contributed by atoms with E-state index in [9.17, 15) is 8.94 Å². The highest BCUT2D eigenvalue weighted by Crippen LogP contribution is 2.27. The monoisotopic (exact) mass is 307 g/mol. The highest BCUT2D eigenvalue weighted by atomic mass is 35.5. The Labute approximate surface area is 121 Å². The Hall–Kier alpha value is -0.330. The minimum atomic E-state index is -1.36. The van der Waals surface area contributed by atoms with Crippen molar-refractivity contribution in [2.45, 2.75) is 38.0 Å². The molecule has 0 saturated heterocycles. The van der Waals surface area contributed by atoms with Crippen LogP contribution in [0.25, 0.3) is 0 Å². The molecular formula is C13H19ClFNO2S. The van der Waals surface area contributed by atoms with E-state index in [0.717, 1.165) is 0 Å². The van der Waals surface area contributed by atoms with Crippen LogP contribution in [0.4, 0.5) is 4.39 Å². The summed E-state index contributed by atoms with van der Waals surface area (Å²) in [5.74, 6) is -0.541. The van der Waals surface area contributed by atoms with Crippen LogP contribution >= 0.6 is 11.6 Å². The fraction of sp³-hybridized carbons (Fsp3) is 0.538. The van der Waals surface area contributed by atoms with Crippen LogP contribution < -0.4 is 4.72 Å². The third kappa shape index (κ3) is 4.61. The molecular weight excluding hydrogens is 289 g/mol. The smallest absolute Gasteiger partial charge is 0.146 e. The van der Waals surface area contributed by atoms with Crippen molar-refractivity contribution >= 4 is 23.0 Å². The molecule has 1 aromatic carbocycles. The lowest BCUT2D eigenvalue weighted by molar-refractivity contribution is 0.271. The van der Waals surface area contributed by atoms with Crippen molar-refractivity contribution < 1.29 is 14.0 Å². The average Bonchev–Trinajstić information content (AvgIpc) is 2.31. The lowest BCUT2D eigenvalue weighted by Crippen LogP contribution is -2.41. The Kier molecular flexibility index (Phi) is 6.08. The van der Waals surface area contributed by atoms with E-state index in [2.05, 4.69) is 4.72 Å². The van der Waals surface area contributed by atoms with Crippen molar-refractivity contribution in [1.29, 1.82) is 0 Å². The SMILES string of the molecule is CC(C)(C)[S+]([O-])N[C@@H](CCO)c1cccc(Cl)c1F. The largest absolute Gasteiger partial charge is 0.598 e. The molecule has 108 valence electrons. The van der Waals surface area contributed by atoms with E-state index in [1.54, 1.807) is 12.1 Å². The van der Waals surface area contributed by atoms with Gasteiger partial charge in [-0.15, -0.1) is 4.72 Å².